The third-order valence-corrected chi connectivity index (χ3v) is 4.01. The molecule has 0 spiro atoms. The number of rotatable bonds is 7. The molecule has 0 saturated heterocycles. The van der Waals surface area contributed by atoms with E-state index in [2.05, 4.69) is 4.98 Å². The van der Waals surface area contributed by atoms with Gasteiger partial charge in [0.05, 0.1) is 24.7 Å². The lowest BCUT2D eigenvalue weighted by Crippen LogP contribution is -2.14. The van der Waals surface area contributed by atoms with Crippen molar-refractivity contribution >= 4 is 11.0 Å². The first-order chi connectivity index (χ1) is 11.7. The molecule has 0 aliphatic carbocycles. The smallest absolute Gasteiger partial charge is 0.161 e. The zero-order chi connectivity index (χ0) is 16.9. The lowest BCUT2D eigenvalue weighted by Gasteiger charge is -2.14. The van der Waals surface area contributed by atoms with Crippen LogP contribution in [0.2, 0.25) is 0 Å². The molecular formula is C19H22N2O3. The average Bonchev–Trinajstić information content (AvgIpc) is 3.00. The molecule has 3 aromatic rings. The normalized spacial score (nSPS) is 12.3. The van der Waals surface area contributed by atoms with Crippen molar-refractivity contribution in [2.45, 2.75) is 26.0 Å². The summed E-state index contributed by atoms with van der Waals surface area (Å²) in [6.45, 7) is 3.01. The number of imidazole rings is 1. The van der Waals surface area contributed by atoms with Gasteiger partial charge in [-0.3, -0.25) is 0 Å². The molecule has 0 unspecified atom stereocenters. The molecule has 0 saturated carbocycles. The van der Waals surface area contributed by atoms with Crippen LogP contribution < -0.4 is 9.47 Å². The fraction of sp³-hybridized carbons (Fsp3) is 0.316. The Morgan fingerprint density at radius 3 is 2.54 bits per heavy atom. The first kappa shape index (κ1) is 16.3. The fourth-order valence-electron chi connectivity index (χ4n) is 2.75. The number of methoxy groups -OCH3 is 1. The number of fused-ring (bicyclic) bond motifs is 1. The summed E-state index contributed by atoms with van der Waals surface area (Å²) in [6, 6.07) is 15.5. The van der Waals surface area contributed by atoms with Crippen LogP contribution in [0, 0.1) is 0 Å². The van der Waals surface area contributed by atoms with E-state index in [-0.39, 0.29) is 0 Å². The van der Waals surface area contributed by atoms with Gasteiger partial charge in [0, 0.05) is 0 Å². The van der Waals surface area contributed by atoms with E-state index < -0.39 is 6.10 Å². The van der Waals surface area contributed by atoms with Gasteiger partial charge in [-0.15, -0.1) is 0 Å². The maximum absolute atomic E-state index is 10.3. The summed E-state index contributed by atoms with van der Waals surface area (Å²) in [5.74, 6) is 2.10. The van der Waals surface area contributed by atoms with Gasteiger partial charge in [0.25, 0.3) is 0 Å². The minimum atomic E-state index is -0.580. The Morgan fingerprint density at radius 1 is 1.08 bits per heavy atom. The predicted molar refractivity (Wildman–Crippen MR) is 93.5 cm³/mol. The van der Waals surface area contributed by atoms with Gasteiger partial charge >= 0.3 is 0 Å². The van der Waals surface area contributed by atoms with Crippen molar-refractivity contribution in [1.29, 1.82) is 0 Å². The van der Waals surface area contributed by atoms with Crippen LogP contribution in [-0.2, 0) is 6.54 Å². The third kappa shape index (κ3) is 3.21. The molecule has 1 N–H and O–H groups in total. The van der Waals surface area contributed by atoms with Crippen molar-refractivity contribution in [2.75, 3.05) is 13.7 Å². The second kappa shape index (κ2) is 7.36. The molecule has 2 aromatic carbocycles. The maximum Gasteiger partial charge on any atom is 0.161 e. The lowest BCUT2D eigenvalue weighted by atomic mass is 10.2. The summed E-state index contributed by atoms with van der Waals surface area (Å²) < 4.78 is 13.2. The molecule has 1 aromatic heterocycles. The molecule has 0 amide bonds. The first-order valence-corrected chi connectivity index (χ1v) is 8.13. The molecule has 5 heteroatoms. The van der Waals surface area contributed by atoms with Gasteiger partial charge in [-0.1, -0.05) is 31.2 Å². The van der Waals surface area contributed by atoms with Crippen LogP contribution in [0.15, 0.2) is 48.5 Å². The largest absolute Gasteiger partial charge is 0.493 e. The van der Waals surface area contributed by atoms with Crippen molar-refractivity contribution in [2.24, 2.45) is 0 Å². The van der Waals surface area contributed by atoms with Gasteiger partial charge in [-0.2, -0.15) is 0 Å². The SMILES string of the molecule is CC[C@@H](O)c1nc2ccccc2n1CCOc1ccccc1OC. The zero-order valence-corrected chi connectivity index (χ0v) is 14.0. The predicted octanol–water partition coefficient (Wildman–Crippen LogP) is 3.57. The molecule has 5 nitrogen and oxygen atoms in total. The third-order valence-electron chi connectivity index (χ3n) is 4.01. The number of aromatic nitrogens is 2. The van der Waals surface area contributed by atoms with Gasteiger partial charge in [0.2, 0.25) is 0 Å². The molecule has 0 radical (unpaired) electrons. The summed E-state index contributed by atoms with van der Waals surface area (Å²) in [5, 5.41) is 10.3. The number of aliphatic hydroxyl groups excluding tert-OH is 1. The Hall–Kier alpha value is -2.53. The Labute approximate surface area is 141 Å². The van der Waals surface area contributed by atoms with Crippen LogP contribution in [0.4, 0.5) is 0 Å². The Morgan fingerprint density at radius 2 is 1.79 bits per heavy atom. The number of ether oxygens (including phenoxy) is 2. The second-order valence-electron chi connectivity index (χ2n) is 5.53. The summed E-state index contributed by atoms with van der Waals surface area (Å²) in [4.78, 5) is 4.58. The van der Waals surface area contributed by atoms with Crippen LogP contribution in [0.25, 0.3) is 11.0 Å². The number of para-hydroxylation sites is 4. The van der Waals surface area contributed by atoms with E-state index in [9.17, 15) is 5.11 Å². The highest BCUT2D eigenvalue weighted by molar-refractivity contribution is 5.76. The van der Waals surface area contributed by atoms with Gasteiger partial charge in [0.1, 0.15) is 18.5 Å². The molecular weight excluding hydrogens is 304 g/mol. The van der Waals surface area contributed by atoms with Gasteiger partial charge in [0.15, 0.2) is 11.5 Å². The highest BCUT2D eigenvalue weighted by Gasteiger charge is 2.16. The lowest BCUT2D eigenvalue weighted by molar-refractivity contribution is 0.157. The van der Waals surface area contributed by atoms with Gasteiger partial charge in [-0.25, -0.2) is 4.98 Å². The Balaban J connectivity index is 1.81. The molecule has 0 aliphatic heterocycles. The highest BCUT2D eigenvalue weighted by atomic mass is 16.5. The van der Waals surface area contributed by atoms with Crippen LogP contribution in [-0.4, -0.2) is 28.4 Å². The van der Waals surface area contributed by atoms with Gasteiger partial charge in [-0.05, 0) is 30.7 Å². The molecule has 0 fully saturated rings. The summed E-state index contributed by atoms with van der Waals surface area (Å²) in [7, 11) is 1.63. The van der Waals surface area contributed by atoms with Crippen LogP contribution in [0.5, 0.6) is 11.5 Å². The number of nitrogens with zero attached hydrogens (tertiary/aromatic N) is 2. The summed E-state index contributed by atoms with van der Waals surface area (Å²) >= 11 is 0. The second-order valence-corrected chi connectivity index (χ2v) is 5.53. The zero-order valence-electron chi connectivity index (χ0n) is 14.0. The quantitative estimate of drug-likeness (QED) is 0.721. The standard InChI is InChI=1S/C19H22N2O3/c1-3-16(22)19-20-14-8-4-5-9-15(14)21(19)12-13-24-18-11-7-6-10-17(18)23-2/h4-11,16,22H,3,12-13H2,1-2H3/t16-/m1/s1. The first-order valence-electron chi connectivity index (χ1n) is 8.13. The van der Waals surface area contributed by atoms with E-state index >= 15 is 0 Å². The van der Waals surface area contributed by atoms with E-state index in [1.807, 2.05) is 60.0 Å². The van der Waals surface area contributed by atoms with Crippen molar-refractivity contribution in [3.8, 4) is 11.5 Å². The molecule has 3 rings (SSSR count). The molecule has 1 heterocycles. The molecule has 1 atom stereocenters. The average molecular weight is 326 g/mol. The van der Waals surface area contributed by atoms with Crippen molar-refractivity contribution in [1.82, 2.24) is 9.55 Å². The fourth-order valence-corrected chi connectivity index (χ4v) is 2.75. The number of aliphatic hydroxyl groups is 1. The Bertz CT molecular complexity index is 813. The van der Waals surface area contributed by atoms with Crippen LogP contribution in [0.1, 0.15) is 25.3 Å². The number of hydrogen-bond acceptors (Lipinski definition) is 4. The summed E-state index contributed by atoms with van der Waals surface area (Å²) in [6.07, 6.45) is 0.0418. The minimum absolute atomic E-state index is 0.462. The topological polar surface area (TPSA) is 56.5 Å². The van der Waals surface area contributed by atoms with E-state index in [0.29, 0.717) is 36.9 Å². The van der Waals surface area contributed by atoms with E-state index in [4.69, 9.17) is 9.47 Å². The molecule has 0 aliphatic rings. The van der Waals surface area contributed by atoms with Crippen molar-refractivity contribution in [3.63, 3.8) is 0 Å². The molecule has 0 bridgehead atoms. The maximum atomic E-state index is 10.3. The minimum Gasteiger partial charge on any atom is -0.493 e. The van der Waals surface area contributed by atoms with Crippen molar-refractivity contribution < 1.29 is 14.6 Å². The van der Waals surface area contributed by atoms with Gasteiger partial charge < -0.3 is 19.1 Å². The highest BCUT2D eigenvalue weighted by Crippen LogP contribution is 2.26. The molecule has 24 heavy (non-hydrogen) atoms. The van der Waals surface area contributed by atoms with E-state index in [1.165, 1.54) is 0 Å². The number of hydrogen-bond donors (Lipinski definition) is 1. The summed E-state index contributed by atoms with van der Waals surface area (Å²) in [5.41, 5.74) is 1.89. The monoisotopic (exact) mass is 326 g/mol. The van der Waals surface area contributed by atoms with Crippen LogP contribution in [0.3, 0.4) is 0 Å². The number of benzene rings is 2. The van der Waals surface area contributed by atoms with E-state index in [0.717, 1.165) is 11.0 Å². The molecule has 126 valence electrons. The van der Waals surface area contributed by atoms with Crippen LogP contribution >= 0.6 is 0 Å². The Kier molecular flexibility index (Phi) is 5.01. The van der Waals surface area contributed by atoms with E-state index in [1.54, 1.807) is 7.11 Å². The van der Waals surface area contributed by atoms with Crippen molar-refractivity contribution in [3.05, 3.63) is 54.4 Å².